The highest BCUT2D eigenvalue weighted by Crippen LogP contribution is 2.31. The van der Waals surface area contributed by atoms with Gasteiger partial charge in [-0.05, 0) is 43.2 Å². The SMILES string of the molecule is Cc1ccc(S(=O)(=O)n2c(C(=O)C(C#N)=CN(C)C)cc3c(CN4CC[C@@H](F)C4)cccc32)cc1. The molecule has 7 nitrogen and oxygen atoms in total. The fourth-order valence-corrected chi connectivity index (χ4v) is 5.85. The average Bonchev–Trinajstić information content (AvgIpc) is 3.41. The van der Waals surface area contributed by atoms with Gasteiger partial charge >= 0.3 is 0 Å². The number of aromatic nitrogens is 1. The maximum Gasteiger partial charge on any atom is 0.268 e. The van der Waals surface area contributed by atoms with Crippen molar-refractivity contribution >= 4 is 26.7 Å². The normalized spacial score (nSPS) is 17.0. The number of aryl methyl sites for hydroxylation is 1. The lowest BCUT2D eigenvalue weighted by Crippen LogP contribution is -2.20. The summed E-state index contributed by atoms with van der Waals surface area (Å²) in [6, 6.07) is 15.0. The lowest BCUT2D eigenvalue weighted by atomic mass is 10.1. The second kappa shape index (κ2) is 9.64. The number of fused-ring (bicyclic) bond motifs is 1. The molecule has 0 aliphatic carbocycles. The van der Waals surface area contributed by atoms with E-state index in [-0.39, 0.29) is 16.2 Å². The smallest absolute Gasteiger partial charge is 0.268 e. The largest absolute Gasteiger partial charge is 0.382 e. The second-order valence-electron chi connectivity index (χ2n) is 9.03. The maximum atomic E-state index is 13.8. The minimum atomic E-state index is -4.17. The van der Waals surface area contributed by atoms with Gasteiger partial charge < -0.3 is 4.90 Å². The molecule has 2 aromatic carbocycles. The van der Waals surface area contributed by atoms with Gasteiger partial charge in [-0.1, -0.05) is 29.8 Å². The highest BCUT2D eigenvalue weighted by atomic mass is 32.2. The highest BCUT2D eigenvalue weighted by molar-refractivity contribution is 7.90. The van der Waals surface area contributed by atoms with E-state index in [0.29, 0.717) is 37.0 Å². The van der Waals surface area contributed by atoms with Gasteiger partial charge in [0.05, 0.1) is 10.4 Å². The molecule has 9 heteroatoms. The predicted molar refractivity (Wildman–Crippen MR) is 132 cm³/mol. The van der Waals surface area contributed by atoms with Gasteiger partial charge in [-0.3, -0.25) is 9.69 Å². The van der Waals surface area contributed by atoms with Crippen LogP contribution in [0.3, 0.4) is 0 Å². The van der Waals surface area contributed by atoms with Crippen molar-refractivity contribution in [2.75, 3.05) is 27.2 Å². The van der Waals surface area contributed by atoms with Crippen LogP contribution >= 0.6 is 0 Å². The Hall–Kier alpha value is -3.48. The molecular weight excluding hydrogens is 467 g/mol. The molecule has 1 fully saturated rings. The molecule has 1 atom stereocenters. The summed E-state index contributed by atoms with van der Waals surface area (Å²) in [6.45, 7) is 3.21. The third kappa shape index (κ3) is 4.85. The molecule has 0 bridgehead atoms. The summed E-state index contributed by atoms with van der Waals surface area (Å²) in [6.07, 6.45) is 0.950. The molecule has 182 valence electrons. The first-order chi connectivity index (χ1) is 16.6. The Morgan fingerprint density at radius 3 is 2.54 bits per heavy atom. The number of halogens is 1. The van der Waals surface area contributed by atoms with E-state index in [4.69, 9.17) is 0 Å². The zero-order valence-electron chi connectivity index (χ0n) is 19.9. The van der Waals surface area contributed by atoms with E-state index in [1.54, 1.807) is 43.3 Å². The number of allylic oxidation sites excluding steroid dienone is 1. The van der Waals surface area contributed by atoms with Crippen molar-refractivity contribution in [3.63, 3.8) is 0 Å². The summed E-state index contributed by atoms with van der Waals surface area (Å²) >= 11 is 0. The van der Waals surface area contributed by atoms with Crippen LogP contribution in [0.25, 0.3) is 10.9 Å². The summed E-state index contributed by atoms with van der Waals surface area (Å²) in [5, 5.41) is 10.2. The number of Topliss-reactive ketones (excluding diaryl/α,β-unsaturated/α-hetero) is 1. The number of benzene rings is 2. The number of nitriles is 1. The van der Waals surface area contributed by atoms with Crippen LogP contribution in [0, 0.1) is 18.3 Å². The molecule has 3 aromatic rings. The predicted octanol–water partition coefficient (Wildman–Crippen LogP) is 3.88. The van der Waals surface area contributed by atoms with E-state index < -0.39 is 22.0 Å². The third-order valence-electron chi connectivity index (χ3n) is 6.05. The Morgan fingerprint density at radius 1 is 1.23 bits per heavy atom. The molecule has 4 rings (SSSR count). The van der Waals surface area contributed by atoms with Gasteiger partial charge in [-0.2, -0.15) is 5.26 Å². The van der Waals surface area contributed by atoms with E-state index in [2.05, 4.69) is 0 Å². The topological polar surface area (TPSA) is 86.4 Å². The molecule has 35 heavy (non-hydrogen) atoms. The fraction of sp³-hybridized carbons (Fsp3) is 0.308. The van der Waals surface area contributed by atoms with E-state index in [1.807, 2.05) is 24.0 Å². The Balaban J connectivity index is 1.94. The lowest BCUT2D eigenvalue weighted by molar-refractivity contribution is 0.103. The van der Waals surface area contributed by atoms with Crippen molar-refractivity contribution in [2.45, 2.75) is 31.0 Å². The van der Waals surface area contributed by atoms with Crippen LogP contribution in [0.4, 0.5) is 4.39 Å². The van der Waals surface area contributed by atoms with Gasteiger partial charge in [0.15, 0.2) is 0 Å². The van der Waals surface area contributed by atoms with Crippen molar-refractivity contribution in [2.24, 2.45) is 0 Å². The monoisotopic (exact) mass is 494 g/mol. The number of alkyl halides is 1. The molecule has 0 radical (unpaired) electrons. The summed E-state index contributed by atoms with van der Waals surface area (Å²) in [5.41, 5.74) is 1.73. The van der Waals surface area contributed by atoms with Crippen molar-refractivity contribution in [1.82, 2.24) is 13.8 Å². The molecule has 0 spiro atoms. The van der Waals surface area contributed by atoms with Gasteiger partial charge in [0, 0.05) is 45.3 Å². The van der Waals surface area contributed by atoms with E-state index in [1.165, 1.54) is 24.4 Å². The second-order valence-corrected chi connectivity index (χ2v) is 10.8. The van der Waals surface area contributed by atoms with Crippen LogP contribution in [0.2, 0.25) is 0 Å². The first-order valence-corrected chi connectivity index (χ1v) is 12.7. The van der Waals surface area contributed by atoms with Crippen LogP contribution < -0.4 is 0 Å². The average molecular weight is 495 g/mol. The lowest BCUT2D eigenvalue weighted by Gasteiger charge is -2.16. The van der Waals surface area contributed by atoms with Crippen molar-refractivity contribution in [3.8, 4) is 6.07 Å². The van der Waals surface area contributed by atoms with Gasteiger partial charge in [0.25, 0.3) is 10.0 Å². The number of ketones is 1. The Kier molecular flexibility index (Phi) is 6.79. The number of likely N-dealkylation sites (tertiary alicyclic amines) is 1. The molecular formula is C26H27FN4O3S. The number of rotatable bonds is 7. The van der Waals surface area contributed by atoms with Crippen molar-refractivity contribution < 1.29 is 17.6 Å². The molecule has 2 heterocycles. The van der Waals surface area contributed by atoms with Crippen LogP contribution in [-0.4, -0.2) is 61.3 Å². The Morgan fingerprint density at radius 2 is 1.94 bits per heavy atom. The molecule has 0 unspecified atom stereocenters. The van der Waals surface area contributed by atoms with Gasteiger partial charge in [-0.25, -0.2) is 16.8 Å². The number of carbonyl (C=O) groups is 1. The number of hydrogen-bond acceptors (Lipinski definition) is 6. The zero-order valence-corrected chi connectivity index (χ0v) is 20.7. The van der Waals surface area contributed by atoms with E-state index >= 15 is 0 Å². The molecule has 1 aliphatic heterocycles. The van der Waals surface area contributed by atoms with E-state index in [0.717, 1.165) is 15.1 Å². The summed E-state index contributed by atoms with van der Waals surface area (Å²) in [4.78, 5) is 17.0. The molecule has 1 saturated heterocycles. The number of hydrogen-bond donors (Lipinski definition) is 0. The van der Waals surface area contributed by atoms with Crippen LogP contribution in [0.5, 0.6) is 0 Å². The Labute approximate surface area is 204 Å². The van der Waals surface area contributed by atoms with Gasteiger partial charge in [0.2, 0.25) is 5.78 Å². The fourth-order valence-electron chi connectivity index (χ4n) is 4.34. The van der Waals surface area contributed by atoms with Crippen molar-refractivity contribution in [3.05, 3.63) is 77.1 Å². The number of nitrogens with zero attached hydrogens (tertiary/aromatic N) is 4. The minimum absolute atomic E-state index is 0.0370. The van der Waals surface area contributed by atoms with E-state index in [9.17, 15) is 22.9 Å². The van der Waals surface area contributed by atoms with Crippen LogP contribution in [0.1, 0.15) is 28.0 Å². The summed E-state index contributed by atoms with van der Waals surface area (Å²) in [5.74, 6) is -0.691. The molecule has 0 N–H and O–H groups in total. The quantitative estimate of drug-likeness (QED) is 0.282. The minimum Gasteiger partial charge on any atom is -0.382 e. The van der Waals surface area contributed by atoms with Gasteiger partial charge in [-0.15, -0.1) is 0 Å². The summed E-state index contributed by atoms with van der Waals surface area (Å²) in [7, 11) is -0.813. The standard InChI is InChI=1S/C26H27FN4O3S/c1-18-7-9-22(10-8-18)35(33,34)31-24-6-4-5-19(16-30-12-11-21(27)17-30)23(24)13-25(31)26(32)20(14-28)15-29(2)3/h4-10,13,15,21H,11-12,16-17H2,1-3H3/t21-/m1/s1. The molecule has 1 aromatic heterocycles. The number of carbonyl (C=O) groups excluding carboxylic acids is 1. The Bertz CT molecular complexity index is 1450. The third-order valence-corrected chi connectivity index (χ3v) is 7.79. The van der Waals surface area contributed by atoms with Crippen molar-refractivity contribution in [1.29, 1.82) is 5.26 Å². The van der Waals surface area contributed by atoms with Gasteiger partial charge in [0.1, 0.15) is 23.5 Å². The summed E-state index contributed by atoms with van der Waals surface area (Å²) < 4.78 is 42.4. The van der Waals surface area contributed by atoms with Crippen LogP contribution in [0.15, 0.2) is 65.2 Å². The first kappa shape index (κ1) is 24.6. The zero-order chi connectivity index (χ0) is 25.3. The molecule has 0 saturated carbocycles. The molecule has 0 amide bonds. The van der Waals surface area contributed by atoms with Crippen LogP contribution in [-0.2, 0) is 16.6 Å². The molecule has 1 aliphatic rings. The maximum absolute atomic E-state index is 13.8. The highest BCUT2D eigenvalue weighted by Gasteiger charge is 2.30. The first-order valence-electron chi connectivity index (χ1n) is 11.3.